The van der Waals surface area contributed by atoms with Crippen LogP contribution in [0.5, 0.6) is 0 Å². The van der Waals surface area contributed by atoms with Gasteiger partial charge in [-0.25, -0.2) is 18.0 Å². The Labute approximate surface area is 123 Å². The summed E-state index contributed by atoms with van der Waals surface area (Å²) in [5, 5.41) is 11.9. The molecule has 0 aromatic heterocycles. The molecule has 120 valence electrons. The van der Waals surface area contributed by atoms with Crippen molar-refractivity contribution in [1.82, 2.24) is 10.2 Å². The number of carbonyl (C=O) groups is 2. The van der Waals surface area contributed by atoms with Gasteiger partial charge in [0, 0.05) is 39.1 Å². The van der Waals surface area contributed by atoms with E-state index in [-0.39, 0.29) is 37.6 Å². The Bertz CT molecular complexity index is 526. The highest BCUT2D eigenvalue weighted by atomic mass is 32.2. The molecule has 2 fully saturated rings. The molecule has 21 heavy (non-hydrogen) atoms. The zero-order chi connectivity index (χ0) is 15.7. The number of aliphatic carboxylic acids is 1. The van der Waals surface area contributed by atoms with Gasteiger partial charge < -0.3 is 20.1 Å². The maximum atomic E-state index is 12.2. The van der Waals surface area contributed by atoms with Crippen molar-refractivity contribution in [2.75, 3.05) is 31.8 Å². The van der Waals surface area contributed by atoms with Crippen molar-refractivity contribution in [3.05, 3.63) is 0 Å². The van der Waals surface area contributed by atoms with Crippen molar-refractivity contribution in [3.63, 3.8) is 0 Å². The van der Waals surface area contributed by atoms with Gasteiger partial charge in [-0.3, -0.25) is 0 Å². The first-order valence-electron chi connectivity index (χ1n) is 6.82. The summed E-state index contributed by atoms with van der Waals surface area (Å²) in [6.45, 7) is 0.544. The van der Waals surface area contributed by atoms with Crippen LogP contribution in [0.3, 0.4) is 0 Å². The van der Waals surface area contributed by atoms with Crippen LogP contribution < -0.4 is 5.32 Å². The molecule has 1 unspecified atom stereocenters. The second-order valence-corrected chi connectivity index (χ2v) is 7.83. The second-order valence-electron chi connectivity index (χ2n) is 5.60. The van der Waals surface area contributed by atoms with E-state index in [0.29, 0.717) is 6.42 Å². The van der Waals surface area contributed by atoms with E-state index in [9.17, 15) is 23.1 Å². The molecule has 0 bridgehead atoms. The summed E-state index contributed by atoms with van der Waals surface area (Å²) >= 11 is 0. The van der Waals surface area contributed by atoms with Crippen LogP contribution in [0.15, 0.2) is 0 Å². The number of nitrogens with zero attached hydrogens (tertiary/aromatic N) is 1. The van der Waals surface area contributed by atoms with Crippen LogP contribution in [0.1, 0.15) is 19.3 Å². The molecule has 0 aliphatic carbocycles. The van der Waals surface area contributed by atoms with Crippen molar-refractivity contribution in [2.45, 2.75) is 30.8 Å². The Balaban J connectivity index is 2.04. The van der Waals surface area contributed by atoms with Crippen LogP contribution in [0.25, 0.3) is 0 Å². The van der Waals surface area contributed by atoms with Crippen LogP contribution in [0, 0.1) is 0 Å². The third kappa shape index (κ3) is 3.46. The minimum Gasteiger partial charge on any atom is -0.480 e. The lowest BCUT2D eigenvalue weighted by molar-refractivity contribution is -0.148. The fourth-order valence-electron chi connectivity index (χ4n) is 2.65. The number of amides is 2. The molecule has 2 amide bonds. The topological polar surface area (TPSA) is 113 Å². The second kappa shape index (κ2) is 5.80. The monoisotopic (exact) mass is 320 g/mol. The molecular formula is C12H20N2O6S. The number of hydrogen-bond donors (Lipinski definition) is 2. The van der Waals surface area contributed by atoms with Crippen LogP contribution in [-0.4, -0.2) is 73.8 Å². The molecule has 2 rings (SSSR count). The summed E-state index contributed by atoms with van der Waals surface area (Å²) in [6, 6.07) is -0.956. The summed E-state index contributed by atoms with van der Waals surface area (Å²) in [4.78, 5) is 25.0. The third-order valence-corrected chi connectivity index (χ3v) is 5.93. The maximum absolute atomic E-state index is 12.2. The summed E-state index contributed by atoms with van der Waals surface area (Å²) in [5.74, 6) is -1.10. The molecule has 8 nitrogen and oxygen atoms in total. The van der Waals surface area contributed by atoms with Gasteiger partial charge in [0.25, 0.3) is 0 Å². The van der Waals surface area contributed by atoms with E-state index in [1.54, 1.807) is 0 Å². The van der Waals surface area contributed by atoms with Crippen LogP contribution in [0.2, 0.25) is 0 Å². The van der Waals surface area contributed by atoms with Crippen molar-refractivity contribution in [3.8, 4) is 0 Å². The molecular weight excluding hydrogens is 300 g/mol. The molecule has 2 aliphatic rings. The van der Waals surface area contributed by atoms with E-state index in [1.807, 2.05) is 0 Å². The molecule has 1 atom stereocenters. The van der Waals surface area contributed by atoms with Gasteiger partial charge in [-0.05, 0) is 6.42 Å². The Kier molecular flexibility index (Phi) is 4.43. The van der Waals surface area contributed by atoms with Crippen molar-refractivity contribution in [2.24, 2.45) is 0 Å². The van der Waals surface area contributed by atoms with Gasteiger partial charge in [-0.15, -0.1) is 0 Å². The van der Waals surface area contributed by atoms with E-state index in [0.717, 1.165) is 0 Å². The number of urea groups is 1. The summed E-state index contributed by atoms with van der Waals surface area (Å²) in [7, 11) is -1.60. The number of ether oxygens (including phenoxy) is 1. The fraction of sp³-hybridized carbons (Fsp3) is 0.833. The Morgan fingerprint density at radius 1 is 1.33 bits per heavy atom. The number of carbonyl (C=O) groups excluding carboxylic acids is 1. The van der Waals surface area contributed by atoms with Crippen molar-refractivity contribution in [1.29, 1.82) is 0 Å². The molecule has 0 saturated carbocycles. The molecule has 2 saturated heterocycles. The highest BCUT2D eigenvalue weighted by Gasteiger charge is 2.43. The van der Waals surface area contributed by atoms with Gasteiger partial charge in [0.15, 0.2) is 9.84 Å². The molecule has 0 radical (unpaired) electrons. The van der Waals surface area contributed by atoms with E-state index >= 15 is 0 Å². The Hall–Kier alpha value is -1.35. The number of hydrogen-bond acceptors (Lipinski definition) is 5. The summed E-state index contributed by atoms with van der Waals surface area (Å²) in [5.41, 5.74) is -1.33. The average Bonchev–Trinajstić information content (AvgIpc) is 2.79. The maximum Gasteiger partial charge on any atom is 0.329 e. The van der Waals surface area contributed by atoms with Crippen LogP contribution in [-0.2, 0) is 19.4 Å². The molecule has 9 heteroatoms. The zero-order valence-corrected chi connectivity index (χ0v) is 12.7. The van der Waals surface area contributed by atoms with E-state index in [1.165, 1.54) is 11.9 Å². The molecule has 0 aromatic rings. The molecule has 0 spiro atoms. The zero-order valence-electron chi connectivity index (χ0n) is 11.9. The lowest BCUT2D eigenvalue weighted by Gasteiger charge is -2.36. The number of rotatable bonds is 3. The predicted molar refractivity (Wildman–Crippen MR) is 73.8 cm³/mol. The van der Waals surface area contributed by atoms with Gasteiger partial charge in [-0.2, -0.15) is 0 Å². The SMILES string of the molecule is CN(C(=O)NC1(C(=O)O)CCOCC1)C1CCS(=O)(=O)C1. The standard InChI is InChI=1S/C12H20N2O6S/c1-14(9-2-7-21(18,19)8-9)11(17)13-12(10(15)16)3-5-20-6-4-12/h9H,2-8H2,1H3,(H,13,17)(H,15,16). The first-order valence-corrected chi connectivity index (χ1v) is 8.64. The van der Waals surface area contributed by atoms with Crippen molar-refractivity contribution < 1.29 is 27.9 Å². The molecule has 0 aromatic carbocycles. The summed E-state index contributed by atoms with van der Waals surface area (Å²) in [6.07, 6.45) is 0.783. The van der Waals surface area contributed by atoms with Crippen LogP contribution >= 0.6 is 0 Å². The van der Waals surface area contributed by atoms with E-state index in [2.05, 4.69) is 5.32 Å². The fourth-order valence-corrected chi connectivity index (χ4v) is 4.43. The smallest absolute Gasteiger partial charge is 0.329 e. The first-order chi connectivity index (χ1) is 9.76. The highest BCUT2D eigenvalue weighted by molar-refractivity contribution is 7.91. The number of sulfone groups is 1. The minimum absolute atomic E-state index is 0.0627. The molecule has 2 heterocycles. The van der Waals surface area contributed by atoms with Crippen molar-refractivity contribution >= 4 is 21.8 Å². The summed E-state index contributed by atoms with van der Waals surface area (Å²) < 4.78 is 28.1. The average molecular weight is 320 g/mol. The first kappa shape index (κ1) is 16.0. The Morgan fingerprint density at radius 2 is 1.95 bits per heavy atom. The van der Waals surface area contributed by atoms with Gasteiger partial charge in [0.2, 0.25) is 0 Å². The number of carboxylic acids is 1. The minimum atomic E-state index is -3.10. The Morgan fingerprint density at radius 3 is 2.43 bits per heavy atom. The largest absolute Gasteiger partial charge is 0.480 e. The highest BCUT2D eigenvalue weighted by Crippen LogP contribution is 2.23. The predicted octanol–water partition coefficient (Wildman–Crippen LogP) is -0.551. The molecule has 2 N–H and O–H groups in total. The number of nitrogens with one attached hydrogen (secondary N) is 1. The quantitative estimate of drug-likeness (QED) is 0.721. The number of carboxylic acid groups (broad SMARTS) is 1. The van der Waals surface area contributed by atoms with Gasteiger partial charge in [0.05, 0.1) is 11.5 Å². The van der Waals surface area contributed by atoms with E-state index < -0.39 is 33.4 Å². The lowest BCUT2D eigenvalue weighted by Crippen LogP contribution is -2.60. The normalized spacial score (nSPS) is 27.0. The molecule has 2 aliphatic heterocycles. The van der Waals surface area contributed by atoms with E-state index in [4.69, 9.17) is 4.74 Å². The van der Waals surface area contributed by atoms with Crippen LogP contribution in [0.4, 0.5) is 4.79 Å². The van der Waals surface area contributed by atoms with Gasteiger partial charge in [0.1, 0.15) is 5.54 Å². The van der Waals surface area contributed by atoms with Gasteiger partial charge >= 0.3 is 12.0 Å². The lowest BCUT2D eigenvalue weighted by atomic mass is 9.90. The third-order valence-electron chi connectivity index (χ3n) is 4.18. The van der Waals surface area contributed by atoms with Gasteiger partial charge in [-0.1, -0.05) is 0 Å².